The van der Waals surface area contributed by atoms with Crippen LogP contribution in [0, 0.1) is 6.92 Å². The first-order valence-corrected chi connectivity index (χ1v) is 23.4. The number of aromatic nitrogens is 6. The summed E-state index contributed by atoms with van der Waals surface area (Å²) in [5.41, 5.74) is 0. The van der Waals surface area contributed by atoms with Gasteiger partial charge in [-0.15, -0.1) is 0 Å². The lowest BCUT2D eigenvalue weighted by molar-refractivity contribution is 0.412. The van der Waals surface area contributed by atoms with Crippen molar-refractivity contribution in [1.82, 2.24) is 29.9 Å². The minimum Gasteiger partial charge on any atom is -0.491 e. The van der Waals surface area contributed by atoms with Gasteiger partial charge < -0.3 is 14.2 Å². The third kappa shape index (κ3) is 12.8. The summed E-state index contributed by atoms with van der Waals surface area (Å²) in [6.45, 7) is 1.63. The number of aryl methyl sites for hydroxylation is 1. The van der Waals surface area contributed by atoms with Crippen molar-refractivity contribution in [1.29, 1.82) is 0 Å². The fourth-order valence-corrected chi connectivity index (χ4v) is 9.88. The maximum atomic E-state index is 12.4. The molecule has 3 aromatic carbocycles. The van der Waals surface area contributed by atoms with E-state index in [1.165, 1.54) is 101 Å². The zero-order chi connectivity index (χ0) is 46.0. The third-order valence-corrected chi connectivity index (χ3v) is 14.4. The van der Waals surface area contributed by atoms with Gasteiger partial charge >= 0.3 is 0 Å². The third-order valence-electron chi connectivity index (χ3n) is 7.25. The van der Waals surface area contributed by atoms with E-state index in [2.05, 4.69) is 44.1 Å². The Balaban J connectivity index is 0.000000205. The molecule has 62 heavy (non-hydrogen) atoms. The fourth-order valence-electron chi connectivity index (χ4n) is 4.42. The van der Waals surface area contributed by atoms with E-state index in [1.807, 2.05) is 0 Å². The quantitative estimate of drug-likeness (QED) is 0.0970. The molecule has 3 N–H and O–H groups in total. The minimum absolute atomic E-state index is 0.0125. The predicted octanol–water partition coefficient (Wildman–Crippen LogP) is 8.74. The van der Waals surface area contributed by atoms with Crippen LogP contribution in [-0.4, -0.2) is 76.5 Å². The summed E-state index contributed by atoms with van der Waals surface area (Å²) in [4.78, 5) is 22.5. The monoisotopic (exact) mass is 1050 g/mol. The predicted molar refractivity (Wildman–Crippen MR) is 237 cm³/mol. The molecule has 0 radical (unpaired) electrons. The van der Waals surface area contributed by atoms with Gasteiger partial charge in [0.05, 0.1) is 70.1 Å². The van der Waals surface area contributed by atoms with Gasteiger partial charge in [-0.2, -0.15) is 4.98 Å². The summed E-state index contributed by atoms with van der Waals surface area (Å²) < 4.78 is 95.8. The summed E-state index contributed by atoms with van der Waals surface area (Å²) in [7, 11) is -7.79. The van der Waals surface area contributed by atoms with Gasteiger partial charge in [-0.3, -0.25) is 14.2 Å². The van der Waals surface area contributed by atoms with Crippen molar-refractivity contribution in [2.24, 2.45) is 0 Å². The van der Waals surface area contributed by atoms with Crippen molar-refractivity contribution >= 4 is 129 Å². The van der Waals surface area contributed by atoms with Gasteiger partial charge in [0.1, 0.15) is 26.8 Å². The number of sulfonamides is 3. The van der Waals surface area contributed by atoms with Gasteiger partial charge in [0.15, 0.2) is 34.7 Å². The van der Waals surface area contributed by atoms with E-state index in [4.69, 9.17) is 95.4 Å². The van der Waals surface area contributed by atoms with Crippen molar-refractivity contribution in [3.8, 4) is 17.2 Å². The second kappa shape index (κ2) is 21.8. The SMILES string of the molecule is COc1cnc(C)nc1NS(=O)(=O)c1cccc(Cl)c1Cl.COc1cnc(Cl)nc1NS(=O)(=O)c1cccc(Cl)c1Cl.COc1cncnc1NS(=O)(=O)c1cccc(Cl)c1Cl. The van der Waals surface area contributed by atoms with Crippen LogP contribution in [0.2, 0.25) is 35.4 Å². The average Bonchev–Trinajstić information content (AvgIpc) is 3.21. The summed E-state index contributed by atoms with van der Waals surface area (Å²) in [6, 6.07) is 12.9. The molecule has 330 valence electrons. The van der Waals surface area contributed by atoms with Gasteiger partial charge in [-0.1, -0.05) is 87.8 Å². The van der Waals surface area contributed by atoms with Crippen LogP contribution in [0.1, 0.15) is 5.82 Å². The first kappa shape index (κ1) is 50.2. The number of nitrogens with one attached hydrogen (secondary N) is 3. The molecule has 28 heteroatoms. The maximum Gasteiger partial charge on any atom is 0.264 e. The van der Waals surface area contributed by atoms with E-state index in [1.54, 1.807) is 6.92 Å². The van der Waals surface area contributed by atoms with E-state index in [0.29, 0.717) is 5.82 Å². The molecule has 0 bridgehead atoms. The Hall–Kier alpha value is -4.42. The molecule has 0 amide bonds. The topological polar surface area (TPSA) is 244 Å². The maximum absolute atomic E-state index is 12.4. The second-order valence-corrected chi connectivity index (χ2v) is 18.9. The summed E-state index contributed by atoms with van der Waals surface area (Å²) in [5.74, 6) is 0.830. The van der Waals surface area contributed by atoms with Crippen LogP contribution in [0.4, 0.5) is 17.5 Å². The van der Waals surface area contributed by atoms with E-state index in [0.717, 1.165) is 0 Å². The Labute approximate surface area is 390 Å². The highest BCUT2D eigenvalue weighted by molar-refractivity contribution is 7.93. The summed E-state index contributed by atoms with van der Waals surface area (Å²) in [6.07, 6.45) is 5.15. The first-order chi connectivity index (χ1) is 29.1. The van der Waals surface area contributed by atoms with E-state index in [-0.39, 0.29) is 84.8 Å². The molecule has 0 saturated carbocycles. The largest absolute Gasteiger partial charge is 0.491 e. The Morgan fingerprint density at radius 1 is 0.484 bits per heavy atom. The smallest absolute Gasteiger partial charge is 0.264 e. The van der Waals surface area contributed by atoms with Gasteiger partial charge in [-0.05, 0) is 54.9 Å². The lowest BCUT2D eigenvalue weighted by Crippen LogP contribution is -2.16. The first-order valence-electron chi connectivity index (χ1n) is 16.3. The van der Waals surface area contributed by atoms with Crippen LogP contribution in [-0.2, 0) is 30.1 Å². The van der Waals surface area contributed by atoms with Crippen LogP contribution < -0.4 is 28.4 Å². The molecule has 3 heterocycles. The van der Waals surface area contributed by atoms with Crippen molar-refractivity contribution in [2.75, 3.05) is 35.5 Å². The summed E-state index contributed by atoms with van der Waals surface area (Å²) in [5, 5.41) is 0.0596. The molecule has 0 aliphatic carbocycles. The molecule has 0 unspecified atom stereocenters. The highest BCUT2D eigenvalue weighted by Crippen LogP contribution is 2.34. The molecule has 0 aliphatic rings. The number of anilines is 3. The van der Waals surface area contributed by atoms with Crippen molar-refractivity contribution in [3.63, 3.8) is 0 Å². The molecule has 0 atom stereocenters. The number of ether oxygens (including phenoxy) is 3. The minimum atomic E-state index is -4.01. The van der Waals surface area contributed by atoms with Gasteiger partial charge in [0.25, 0.3) is 30.1 Å². The van der Waals surface area contributed by atoms with E-state index < -0.39 is 30.1 Å². The van der Waals surface area contributed by atoms with Gasteiger partial charge in [0.2, 0.25) is 5.28 Å². The average molecular weight is 1050 g/mol. The van der Waals surface area contributed by atoms with Crippen LogP contribution in [0.3, 0.4) is 0 Å². The molecule has 0 aliphatic heterocycles. The number of nitrogens with zero attached hydrogens (tertiary/aromatic N) is 6. The molecule has 6 rings (SSSR count). The van der Waals surface area contributed by atoms with Crippen molar-refractivity contribution < 1.29 is 39.5 Å². The highest BCUT2D eigenvalue weighted by atomic mass is 35.5. The molecule has 0 fully saturated rings. The summed E-state index contributed by atoms with van der Waals surface area (Å²) >= 11 is 40.8. The Morgan fingerprint density at radius 3 is 1.27 bits per heavy atom. The molecule has 6 aromatic rings. The van der Waals surface area contributed by atoms with Crippen molar-refractivity contribution in [2.45, 2.75) is 21.6 Å². The lowest BCUT2D eigenvalue weighted by atomic mass is 10.4. The van der Waals surface area contributed by atoms with Crippen LogP contribution >= 0.6 is 81.2 Å². The number of benzene rings is 3. The molecular weight excluding hydrogens is 1020 g/mol. The molecular formula is C34H28Cl7N9O9S3. The van der Waals surface area contributed by atoms with Crippen molar-refractivity contribution in [3.05, 3.63) is 121 Å². The van der Waals surface area contributed by atoms with Gasteiger partial charge in [-0.25, -0.2) is 50.2 Å². The zero-order valence-electron chi connectivity index (χ0n) is 31.7. The second-order valence-electron chi connectivity index (χ2n) is 11.3. The number of hydrogen-bond acceptors (Lipinski definition) is 15. The Kier molecular flexibility index (Phi) is 17.6. The van der Waals surface area contributed by atoms with E-state index >= 15 is 0 Å². The lowest BCUT2D eigenvalue weighted by Gasteiger charge is -2.12. The Morgan fingerprint density at radius 2 is 0.855 bits per heavy atom. The molecule has 3 aromatic heterocycles. The molecule has 0 saturated heterocycles. The van der Waals surface area contributed by atoms with Crippen LogP contribution in [0.25, 0.3) is 0 Å². The standard InChI is InChI=1S/C12H11Cl2N3O3S.C11H8Cl3N3O3S.C11H9Cl2N3O3S/c1-7-15-6-9(20-2)12(16-7)17-21(18,19)10-5-3-4-8(13)11(10)14;1-20-7-5-15-11(14)16-10(7)17-21(18,19)8-4-2-3-6(12)9(8)13;1-19-8-5-14-6-15-11(8)16-20(17,18)9-4-2-3-7(12)10(9)13/h3-6H,1-2H3,(H,15,16,17);2-5H,1H3,(H,15,16,17);2-6H,1H3,(H,14,15,16). The molecule has 18 nitrogen and oxygen atoms in total. The molecule has 0 spiro atoms. The van der Waals surface area contributed by atoms with E-state index in [9.17, 15) is 25.3 Å². The normalized spacial score (nSPS) is 11.2. The van der Waals surface area contributed by atoms with Crippen LogP contribution in [0.5, 0.6) is 17.2 Å². The number of halogens is 7. The van der Waals surface area contributed by atoms with Gasteiger partial charge in [0, 0.05) is 0 Å². The highest BCUT2D eigenvalue weighted by Gasteiger charge is 2.25. The number of rotatable bonds is 12. The van der Waals surface area contributed by atoms with Crippen LogP contribution in [0.15, 0.2) is 94.2 Å². The number of hydrogen-bond donors (Lipinski definition) is 3. The Bertz CT molecular complexity index is 2790. The number of methoxy groups -OCH3 is 3. The zero-order valence-corrected chi connectivity index (χ0v) is 39.5. The fraction of sp³-hybridized carbons (Fsp3) is 0.118.